The third-order valence-electron chi connectivity index (χ3n) is 2.85. The van der Waals surface area contributed by atoms with Crippen LogP contribution in [0.2, 0.25) is 0 Å². The minimum atomic E-state index is -0.696. The lowest BCUT2D eigenvalue weighted by atomic mass is 10.1. The molecule has 2 N–H and O–H groups in total. The molecule has 2 rings (SSSR count). The summed E-state index contributed by atoms with van der Waals surface area (Å²) in [6.45, 7) is 1.66. The predicted octanol–water partition coefficient (Wildman–Crippen LogP) is 1.45. The zero-order valence-corrected chi connectivity index (χ0v) is 9.30. The van der Waals surface area contributed by atoms with Gasteiger partial charge in [0, 0.05) is 6.04 Å². The van der Waals surface area contributed by atoms with Crippen LogP contribution in [-0.2, 0) is 0 Å². The van der Waals surface area contributed by atoms with Crippen molar-refractivity contribution >= 4 is 5.91 Å². The Kier molecular flexibility index (Phi) is 3.68. The summed E-state index contributed by atoms with van der Waals surface area (Å²) in [4.78, 5) is 11.7. The lowest BCUT2D eigenvalue weighted by molar-refractivity contribution is 0.0925. The van der Waals surface area contributed by atoms with Gasteiger partial charge in [-0.05, 0) is 44.1 Å². The van der Waals surface area contributed by atoms with E-state index in [1.165, 1.54) is 0 Å². The maximum Gasteiger partial charge on any atom is 0.254 e. The van der Waals surface area contributed by atoms with E-state index in [0.717, 1.165) is 44.1 Å². The van der Waals surface area contributed by atoms with E-state index in [2.05, 4.69) is 10.6 Å². The van der Waals surface area contributed by atoms with Gasteiger partial charge in [0.05, 0.1) is 5.56 Å². The van der Waals surface area contributed by atoms with Gasteiger partial charge in [-0.2, -0.15) is 0 Å². The molecule has 0 radical (unpaired) electrons. The summed E-state index contributed by atoms with van der Waals surface area (Å²) in [5.74, 6) is -1.85. The minimum Gasteiger partial charge on any atom is -0.349 e. The molecule has 1 aliphatic heterocycles. The van der Waals surface area contributed by atoms with E-state index in [4.69, 9.17) is 0 Å². The normalized spacial score (nSPS) is 16.8. The Hall–Kier alpha value is -1.49. The molecule has 0 aliphatic carbocycles. The molecule has 0 unspecified atom stereocenters. The molecule has 0 bridgehead atoms. The van der Waals surface area contributed by atoms with Gasteiger partial charge >= 0.3 is 0 Å². The average molecular weight is 240 g/mol. The standard InChI is InChI=1S/C12H14F2N2O/c13-8-1-2-11(14)10(7-8)12(17)16-9-3-5-15-6-4-9/h1-2,7,9,15H,3-6H2,(H,16,17). The number of hydrogen-bond donors (Lipinski definition) is 2. The molecule has 1 aromatic rings. The van der Waals surface area contributed by atoms with E-state index in [1.54, 1.807) is 0 Å². The molecule has 0 aromatic heterocycles. The molecule has 1 fully saturated rings. The fourth-order valence-corrected chi connectivity index (χ4v) is 1.90. The molecule has 1 amide bonds. The van der Waals surface area contributed by atoms with Crippen molar-refractivity contribution in [1.29, 1.82) is 0 Å². The summed E-state index contributed by atoms with van der Waals surface area (Å²) >= 11 is 0. The molecule has 0 atom stereocenters. The second kappa shape index (κ2) is 5.23. The minimum absolute atomic E-state index is 0.0337. The molecule has 5 heteroatoms. The predicted molar refractivity (Wildman–Crippen MR) is 59.7 cm³/mol. The van der Waals surface area contributed by atoms with Gasteiger partial charge in [0.15, 0.2) is 0 Å². The van der Waals surface area contributed by atoms with Crippen molar-refractivity contribution in [3.8, 4) is 0 Å². The van der Waals surface area contributed by atoms with Crippen molar-refractivity contribution in [3.05, 3.63) is 35.4 Å². The van der Waals surface area contributed by atoms with Crippen LogP contribution in [0.1, 0.15) is 23.2 Å². The smallest absolute Gasteiger partial charge is 0.254 e. The van der Waals surface area contributed by atoms with Crippen LogP contribution >= 0.6 is 0 Å². The molecular formula is C12H14F2N2O. The Morgan fingerprint density at radius 3 is 2.71 bits per heavy atom. The van der Waals surface area contributed by atoms with E-state index < -0.39 is 17.5 Å². The first kappa shape index (κ1) is 12.0. The third-order valence-corrected chi connectivity index (χ3v) is 2.85. The number of carbonyl (C=O) groups is 1. The first-order chi connectivity index (χ1) is 8.16. The van der Waals surface area contributed by atoms with E-state index in [-0.39, 0.29) is 11.6 Å². The SMILES string of the molecule is O=C(NC1CCNCC1)c1cc(F)ccc1F. The molecule has 1 saturated heterocycles. The van der Waals surface area contributed by atoms with Crippen molar-refractivity contribution in [2.24, 2.45) is 0 Å². The third kappa shape index (κ3) is 3.00. The molecule has 1 heterocycles. The molecule has 3 nitrogen and oxygen atoms in total. The van der Waals surface area contributed by atoms with E-state index in [1.807, 2.05) is 0 Å². The van der Waals surface area contributed by atoms with Gasteiger partial charge in [0.2, 0.25) is 0 Å². The van der Waals surface area contributed by atoms with Gasteiger partial charge in [0.1, 0.15) is 11.6 Å². The number of nitrogens with one attached hydrogen (secondary N) is 2. The van der Waals surface area contributed by atoms with Crippen LogP contribution in [-0.4, -0.2) is 25.0 Å². The zero-order chi connectivity index (χ0) is 12.3. The van der Waals surface area contributed by atoms with Crippen LogP contribution in [0.25, 0.3) is 0 Å². The van der Waals surface area contributed by atoms with Crippen molar-refractivity contribution < 1.29 is 13.6 Å². The Morgan fingerprint density at radius 1 is 1.29 bits per heavy atom. The number of rotatable bonds is 2. The maximum atomic E-state index is 13.3. The van der Waals surface area contributed by atoms with Gasteiger partial charge in [0.25, 0.3) is 5.91 Å². The van der Waals surface area contributed by atoms with Gasteiger partial charge in [-0.15, -0.1) is 0 Å². The zero-order valence-electron chi connectivity index (χ0n) is 9.30. The summed E-state index contributed by atoms with van der Waals surface area (Å²) in [7, 11) is 0. The summed E-state index contributed by atoms with van der Waals surface area (Å²) < 4.78 is 26.3. The molecule has 0 saturated carbocycles. The van der Waals surface area contributed by atoms with Crippen LogP contribution < -0.4 is 10.6 Å². The molecule has 0 spiro atoms. The highest BCUT2D eigenvalue weighted by atomic mass is 19.1. The Labute approximate surface area is 98.2 Å². The summed E-state index contributed by atoms with van der Waals surface area (Å²) in [6.07, 6.45) is 1.62. The lowest BCUT2D eigenvalue weighted by Gasteiger charge is -2.23. The Balaban J connectivity index is 2.05. The Morgan fingerprint density at radius 2 is 2.00 bits per heavy atom. The van der Waals surface area contributed by atoms with Gasteiger partial charge in [-0.3, -0.25) is 4.79 Å². The van der Waals surface area contributed by atoms with Crippen molar-refractivity contribution in [1.82, 2.24) is 10.6 Å². The fourth-order valence-electron chi connectivity index (χ4n) is 1.90. The average Bonchev–Trinajstić information content (AvgIpc) is 2.33. The Bertz CT molecular complexity index is 417. The molecule has 1 aromatic carbocycles. The first-order valence-corrected chi connectivity index (χ1v) is 5.63. The number of hydrogen-bond acceptors (Lipinski definition) is 2. The van der Waals surface area contributed by atoms with E-state index in [0.29, 0.717) is 0 Å². The largest absolute Gasteiger partial charge is 0.349 e. The topological polar surface area (TPSA) is 41.1 Å². The number of piperidine rings is 1. The molecule has 92 valence electrons. The van der Waals surface area contributed by atoms with Gasteiger partial charge in [-0.1, -0.05) is 0 Å². The second-order valence-corrected chi connectivity index (χ2v) is 4.12. The van der Waals surface area contributed by atoms with Gasteiger partial charge < -0.3 is 10.6 Å². The first-order valence-electron chi connectivity index (χ1n) is 5.63. The molecular weight excluding hydrogens is 226 g/mol. The van der Waals surface area contributed by atoms with E-state index in [9.17, 15) is 13.6 Å². The fraction of sp³-hybridized carbons (Fsp3) is 0.417. The maximum absolute atomic E-state index is 13.3. The van der Waals surface area contributed by atoms with Crippen LogP contribution in [0.4, 0.5) is 8.78 Å². The highest BCUT2D eigenvalue weighted by molar-refractivity contribution is 5.94. The molecule has 17 heavy (non-hydrogen) atoms. The van der Waals surface area contributed by atoms with E-state index >= 15 is 0 Å². The van der Waals surface area contributed by atoms with Crippen molar-refractivity contribution in [3.63, 3.8) is 0 Å². The second-order valence-electron chi connectivity index (χ2n) is 4.12. The van der Waals surface area contributed by atoms with Crippen molar-refractivity contribution in [2.75, 3.05) is 13.1 Å². The van der Waals surface area contributed by atoms with Crippen LogP contribution in [0.3, 0.4) is 0 Å². The van der Waals surface area contributed by atoms with Gasteiger partial charge in [-0.25, -0.2) is 8.78 Å². The van der Waals surface area contributed by atoms with Crippen LogP contribution in [0.15, 0.2) is 18.2 Å². The number of amides is 1. The van der Waals surface area contributed by atoms with Crippen LogP contribution in [0, 0.1) is 11.6 Å². The monoisotopic (exact) mass is 240 g/mol. The quantitative estimate of drug-likeness (QED) is 0.821. The number of benzene rings is 1. The van der Waals surface area contributed by atoms with Crippen LogP contribution in [0.5, 0.6) is 0 Å². The summed E-state index contributed by atoms with van der Waals surface area (Å²) in [5, 5.41) is 5.88. The number of carbonyl (C=O) groups excluding carboxylic acids is 1. The summed E-state index contributed by atoms with van der Waals surface area (Å²) in [6, 6.07) is 2.92. The van der Waals surface area contributed by atoms with Crippen molar-refractivity contribution in [2.45, 2.75) is 18.9 Å². The summed E-state index contributed by atoms with van der Waals surface area (Å²) in [5.41, 5.74) is -0.233. The number of halogens is 2. The lowest BCUT2D eigenvalue weighted by Crippen LogP contribution is -2.42. The highest BCUT2D eigenvalue weighted by Crippen LogP contribution is 2.11. The molecule has 1 aliphatic rings. The highest BCUT2D eigenvalue weighted by Gasteiger charge is 2.18.